The highest BCUT2D eigenvalue weighted by atomic mass is 19.1. The first-order chi connectivity index (χ1) is 11.2. The topological polar surface area (TPSA) is 79.5 Å². The first-order valence-electron chi connectivity index (χ1n) is 8.07. The molecule has 1 rings (SSSR count). The quantitative estimate of drug-likeness (QED) is 0.714. The van der Waals surface area contributed by atoms with Crippen LogP contribution in [-0.4, -0.2) is 30.1 Å². The number of carbonyl (C=O) groups is 2. The summed E-state index contributed by atoms with van der Waals surface area (Å²) in [5, 5.41) is 7.62. The Labute approximate surface area is 142 Å². The molecule has 0 radical (unpaired) electrons. The van der Waals surface area contributed by atoms with Crippen molar-refractivity contribution in [1.82, 2.24) is 10.6 Å². The van der Waals surface area contributed by atoms with Gasteiger partial charge in [-0.15, -0.1) is 0 Å². The third kappa shape index (κ3) is 6.44. The predicted octanol–water partition coefficient (Wildman–Crippen LogP) is 3.04. The van der Waals surface area contributed by atoms with Crippen LogP contribution in [0.25, 0.3) is 0 Å². The molecule has 7 heteroatoms. The summed E-state index contributed by atoms with van der Waals surface area (Å²) in [5.74, 6) is -0.518. The number of hydrogen-bond acceptors (Lipinski definition) is 3. The molecule has 3 N–H and O–H groups in total. The zero-order valence-electron chi connectivity index (χ0n) is 14.8. The Balaban J connectivity index is 2.60. The minimum atomic E-state index is -0.731. The van der Waals surface area contributed by atoms with Gasteiger partial charge in [-0.2, -0.15) is 0 Å². The van der Waals surface area contributed by atoms with E-state index >= 15 is 0 Å². The first kappa shape index (κ1) is 19.7. The zero-order chi connectivity index (χ0) is 18.3. The van der Waals surface area contributed by atoms with Gasteiger partial charge in [0.2, 0.25) is 5.91 Å². The number of hydrogen-bond donors (Lipinski definition) is 3. The van der Waals surface area contributed by atoms with E-state index in [1.54, 1.807) is 13.0 Å². The summed E-state index contributed by atoms with van der Waals surface area (Å²) in [7, 11) is 0. The van der Waals surface area contributed by atoms with Gasteiger partial charge in [0, 0.05) is 12.1 Å². The van der Waals surface area contributed by atoms with E-state index in [0.717, 1.165) is 6.42 Å². The lowest BCUT2D eigenvalue weighted by atomic mass is 10.2. The maximum Gasteiger partial charge on any atom is 0.319 e. The third-order valence-electron chi connectivity index (χ3n) is 3.30. The average molecular weight is 339 g/mol. The van der Waals surface area contributed by atoms with Crippen LogP contribution in [0.5, 0.6) is 5.75 Å². The molecule has 0 saturated heterocycles. The van der Waals surface area contributed by atoms with E-state index in [9.17, 15) is 14.0 Å². The molecular formula is C17H26FN3O3. The predicted molar refractivity (Wildman–Crippen MR) is 91.7 cm³/mol. The van der Waals surface area contributed by atoms with Gasteiger partial charge in [0.1, 0.15) is 17.6 Å². The molecule has 0 saturated carbocycles. The summed E-state index contributed by atoms with van der Waals surface area (Å²) < 4.78 is 19.4. The molecule has 0 heterocycles. The van der Waals surface area contributed by atoms with Gasteiger partial charge in [0.15, 0.2) is 0 Å². The van der Waals surface area contributed by atoms with E-state index in [1.807, 2.05) is 27.7 Å². The van der Waals surface area contributed by atoms with Crippen molar-refractivity contribution < 1.29 is 18.7 Å². The van der Waals surface area contributed by atoms with Crippen LogP contribution < -0.4 is 20.7 Å². The second kappa shape index (κ2) is 9.10. The smallest absolute Gasteiger partial charge is 0.319 e. The minimum Gasteiger partial charge on any atom is -0.491 e. The Bertz CT molecular complexity index is 578. The van der Waals surface area contributed by atoms with Gasteiger partial charge in [0.25, 0.3) is 0 Å². The van der Waals surface area contributed by atoms with Crippen molar-refractivity contribution in [2.75, 3.05) is 5.32 Å². The van der Waals surface area contributed by atoms with Gasteiger partial charge in [-0.1, -0.05) is 6.92 Å². The number of benzene rings is 1. The number of amides is 3. The molecule has 1 aromatic carbocycles. The molecule has 2 unspecified atom stereocenters. The SMILES string of the molecule is CCC(C)NC(=O)C(C)NC(=O)Nc1ccc(OC(C)C)cc1F. The highest BCUT2D eigenvalue weighted by Crippen LogP contribution is 2.21. The van der Waals surface area contributed by atoms with E-state index in [-0.39, 0.29) is 23.7 Å². The molecule has 0 aliphatic heterocycles. The molecular weight excluding hydrogens is 313 g/mol. The molecule has 134 valence electrons. The molecule has 3 amide bonds. The van der Waals surface area contributed by atoms with Gasteiger partial charge in [0.05, 0.1) is 11.8 Å². The van der Waals surface area contributed by atoms with Crippen molar-refractivity contribution in [2.45, 2.75) is 59.2 Å². The average Bonchev–Trinajstić information content (AvgIpc) is 2.49. The van der Waals surface area contributed by atoms with E-state index < -0.39 is 17.9 Å². The third-order valence-corrected chi connectivity index (χ3v) is 3.30. The Morgan fingerprint density at radius 3 is 2.38 bits per heavy atom. The summed E-state index contributed by atoms with van der Waals surface area (Å²) >= 11 is 0. The van der Waals surface area contributed by atoms with Crippen molar-refractivity contribution in [1.29, 1.82) is 0 Å². The number of nitrogens with one attached hydrogen (secondary N) is 3. The first-order valence-corrected chi connectivity index (χ1v) is 8.07. The lowest BCUT2D eigenvalue weighted by molar-refractivity contribution is -0.123. The van der Waals surface area contributed by atoms with Crippen molar-refractivity contribution in [3.8, 4) is 5.75 Å². The van der Waals surface area contributed by atoms with Crippen molar-refractivity contribution in [3.63, 3.8) is 0 Å². The van der Waals surface area contributed by atoms with Crippen molar-refractivity contribution in [2.24, 2.45) is 0 Å². The van der Waals surface area contributed by atoms with Crippen LogP contribution in [0.4, 0.5) is 14.9 Å². The highest BCUT2D eigenvalue weighted by Gasteiger charge is 2.17. The zero-order valence-corrected chi connectivity index (χ0v) is 14.8. The Morgan fingerprint density at radius 1 is 1.17 bits per heavy atom. The summed E-state index contributed by atoms with van der Waals surface area (Å²) in [5.41, 5.74) is 0.0122. The number of anilines is 1. The van der Waals surface area contributed by atoms with Crippen LogP contribution in [0, 0.1) is 5.82 Å². The lowest BCUT2D eigenvalue weighted by Crippen LogP contribution is -2.48. The molecule has 0 aliphatic rings. The maximum absolute atomic E-state index is 14.0. The molecule has 2 atom stereocenters. The minimum absolute atomic E-state index is 0.0122. The molecule has 0 bridgehead atoms. The van der Waals surface area contributed by atoms with Crippen molar-refractivity contribution >= 4 is 17.6 Å². The summed E-state index contributed by atoms with van der Waals surface area (Å²) in [4.78, 5) is 23.8. The second-order valence-corrected chi connectivity index (χ2v) is 5.95. The Hall–Kier alpha value is -2.31. The molecule has 6 nitrogen and oxygen atoms in total. The fourth-order valence-electron chi connectivity index (χ4n) is 1.83. The van der Waals surface area contributed by atoms with Crippen LogP contribution in [0.15, 0.2) is 18.2 Å². The molecule has 0 fully saturated rings. The summed E-state index contributed by atoms with van der Waals surface area (Å²) in [6.45, 7) is 9.06. The van der Waals surface area contributed by atoms with Gasteiger partial charge in [-0.05, 0) is 46.2 Å². The molecule has 0 aliphatic carbocycles. The van der Waals surface area contributed by atoms with Crippen LogP contribution >= 0.6 is 0 Å². The van der Waals surface area contributed by atoms with E-state index in [2.05, 4.69) is 16.0 Å². The van der Waals surface area contributed by atoms with E-state index in [1.165, 1.54) is 12.1 Å². The van der Waals surface area contributed by atoms with E-state index in [4.69, 9.17) is 4.74 Å². The summed E-state index contributed by atoms with van der Waals surface area (Å²) in [6, 6.07) is 2.82. The van der Waals surface area contributed by atoms with Crippen LogP contribution in [0.2, 0.25) is 0 Å². The number of urea groups is 1. The van der Waals surface area contributed by atoms with Crippen LogP contribution in [0.1, 0.15) is 41.0 Å². The molecule has 0 aromatic heterocycles. The lowest BCUT2D eigenvalue weighted by Gasteiger charge is -2.18. The normalized spacial score (nSPS) is 13.1. The van der Waals surface area contributed by atoms with Gasteiger partial charge < -0.3 is 20.7 Å². The monoisotopic (exact) mass is 339 g/mol. The number of ether oxygens (including phenoxy) is 1. The van der Waals surface area contributed by atoms with E-state index in [0.29, 0.717) is 5.75 Å². The highest BCUT2D eigenvalue weighted by molar-refractivity contribution is 5.93. The molecule has 0 spiro atoms. The standard InChI is InChI=1S/C17H26FN3O3/c1-6-11(4)19-16(22)12(5)20-17(23)21-15-8-7-13(9-14(15)18)24-10(2)3/h7-12H,6H2,1-5H3,(H,19,22)(H2,20,21,23). The molecule has 24 heavy (non-hydrogen) atoms. The van der Waals surface area contributed by atoms with Crippen LogP contribution in [-0.2, 0) is 4.79 Å². The fraction of sp³-hybridized carbons (Fsp3) is 0.529. The maximum atomic E-state index is 14.0. The number of carbonyl (C=O) groups excluding carboxylic acids is 2. The van der Waals surface area contributed by atoms with Gasteiger partial charge in [-0.25, -0.2) is 9.18 Å². The largest absolute Gasteiger partial charge is 0.491 e. The van der Waals surface area contributed by atoms with Gasteiger partial charge >= 0.3 is 6.03 Å². The Morgan fingerprint density at radius 2 is 1.83 bits per heavy atom. The fourth-order valence-corrected chi connectivity index (χ4v) is 1.83. The Kier molecular flexibility index (Phi) is 7.48. The van der Waals surface area contributed by atoms with Crippen LogP contribution in [0.3, 0.4) is 0 Å². The number of rotatable bonds is 7. The number of halogens is 1. The van der Waals surface area contributed by atoms with Gasteiger partial charge in [-0.3, -0.25) is 4.79 Å². The second-order valence-electron chi connectivity index (χ2n) is 5.95. The summed E-state index contributed by atoms with van der Waals surface area (Å²) in [6.07, 6.45) is 0.720. The molecule has 1 aromatic rings. The van der Waals surface area contributed by atoms with Crippen molar-refractivity contribution in [3.05, 3.63) is 24.0 Å².